The van der Waals surface area contributed by atoms with Crippen molar-refractivity contribution in [1.29, 1.82) is 0 Å². The Morgan fingerprint density at radius 3 is 2.90 bits per heavy atom. The Morgan fingerprint density at radius 1 is 1.24 bits per heavy atom. The molecule has 2 aromatic heterocycles. The van der Waals surface area contributed by atoms with Crippen molar-refractivity contribution in [2.75, 3.05) is 0 Å². The van der Waals surface area contributed by atoms with Crippen LogP contribution < -0.4 is 5.32 Å². The first kappa shape index (κ1) is 13.5. The summed E-state index contributed by atoms with van der Waals surface area (Å²) in [4.78, 5) is 24.4. The van der Waals surface area contributed by atoms with E-state index in [1.54, 1.807) is 18.3 Å². The highest BCUT2D eigenvalue weighted by Gasteiger charge is 2.12. The fourth-order valence-electron chi connectivity index (χ4n) is 2.02. The van der Waals surface area contributed by atoms with Crippen molar-refractivity contribution in [3.63, 3.8) is 0 Å². The van der Waals surface area contributed by atoms with Gasteiger partial charge in [0, 0.05) is 11.6 Å². The number of pyridine rings is 1. The molecule has 0 saturated carbocycles. The molecule has 1 amide bonds. The molecule has 1 aromatic carbocycles. The summed E-state index contributed by atoms with van der Waals surface area (Å²) in [7, 11) is 0. The van der Waals surface area contributed by atoms with Gasteiger partial charge in [0.05, 0.1) is 23.3 Å². The lowest BCUT2D eigenvalue weighted by Gasteiger charge is -2.08. The second-order valence-electron chi connectivity index (χ2n) is 4.39. The lowest BCUT2D eigenvalue weighted by Crippen LogP contribution is -2.23. The fourth-order valence-corrected chi connectivity index (χ4v) is 2.22. The zero-order valence-electron chi connectivity index (χ0n) is 11.0. The van der Waals surface area contributed by atoms with Gasteiger partial charge in [0.25, 0.3) is 5.91 Å². The summed E-state index contributed by atoms with van der Waals surface area (Å²) in [5.41, 5.74) is 1.93. The molecule has 3 rings (SSSR count). The minimum atomic E-state index is -0.214. The summed E-state index contributed by atoms with van der Waals surface area (Å²) in [6.07, 6.45) is 3.08. The number of fused-ring (bicyclic) bond motifs is 1. The quantitative estimate of drug-likeness (QED) is 0.755. The number of carbonyl (C=O) groups excluding carboxylic acids is 1. The summed E-state index contributed by atoms with van der Waals surface area (Å²) in [5, 5.41) is 3.88. The van der Waals surface area contributed by atoms with E-state index in [1.807, 2.05) is 24.3 Å². The van der Waals surface area contributed by atoms with Gasteiger partial charge >= 0.3 is 0 Å². The van der Waals surface area contributed by atoms with Gasteiger partial charge in [-0.15, -0.1) is 0 Å². The van der Waals surface area contributed by atoms with Gasteiger partial charge in [-0.1, -0.05) is 29.8 Å². The predicted octanol–water partition coefficient (Wildman–Crippen LogP) is 2.61. The Morgan fingerprint density at radius 2 is 2.10 bits per heavy atom. The molecule has 5 nitrogen and oxygen atoms in total. The number of rotatable bonds is 3. The maximum atomic E-state index is 12.3. The number of para-hydroxylation sites is 1. The zero-order valence-corrected chi connectivity index (χ0v) is 11.7. The molecule has 3 aromatic rings. The fraction of sp³-hybridized carbons (Fsp3) is 0.0667. The van der Waals surface area contributed by atoms with Crippen LogP contribution in [0.5, 0.6) is 0 Å². The van der Waals surface area contributed by atoms with E-state index in [-0.39, 0.29) is 5.91 Å². The number of hydrogen-bond acceptors (Lipinski definition) is 4. The van der Waals surface area contributed by atoms with Crippen molar-refractivity contribution in [2.45, 2.75) is 6.54 Å². The number of halogens is 1. The molecule has 0 aliphatic heterocycles. The predicted molar refractivity (Wildman–Crippen MR) is 80.0 cm³/mol. The smallest absolute Gasteiger partial charge is 0.252 e. The molecule has 21 heavy (non-hydrogen) atoms. The molecule has 6 heteroatoms. The SMILES string of the molecule is O=C(NCc1ccncn1)c1cc(Cl)nc2ccccc12. The van der Waals surface area contributed by atoms with Crippen LogP contribution in [-0.2, 0) is 6.54 Å². The van der Waals surface area contributed by atoms with Gasteiger partial charge in [-0.05, 0) is 18.2 Å². The minimum absolute atomic E-state index is 0.214. The highest BCUT2D eigenvalue weighted by atomic mass is 35.5. The van der Waals surface area contributed by atoms with Crippen molar-refractivity contribution in [3.8, 4) is 0 Å². The maximum Gasteiger partial charge on any atom is 0.252 e. The summed E-state index contributed by atoms with van der Waals surface area (Å²) in [6, 6.07) is 10.7. The summed E-state index contributed by atoms with van der Waals surface area (Å²) >= 11 is 5.97. The van der Waals surface area contributed by atoms with Gasteiger partial charge in [0.15, 0.2) is 0 Å². The number of aromatic nitrogens is 3. The Labute approximate surface area is 126 Å². The van der Waals surface area contributed by atoms with Gasteiger partial charge in [-0.25, -0.2) is 15.0 Å². The van der Waals surface area contributed by atoms with Crippen molar-refractivity contribution < 1.29 is 4.79 Å². The van der Waals surface area contributed by atoms with Crippen LogP contribution in [0, 0.1) is 0 Å². The Balaban J connectivity index is 1.88. The first-order chi connectivity index (χ1) is 10.2. The van der Waals surface area contributed by atoms with E-state index in [0.29, 0.717) is 22.8 Å². The van der Waals surface area contributed by atoms with E-state index in [0.717, 1.165) is 11.1 Å². The van der Waals surface area contributed by atoms with Gasteiger partial charge in [-0.3, -0.25) is 4.79 Å². The molecule has 2 heterocycles. The van der Waals surface area contributed by atoms with E-state index in [9.17, 15) is 4.79 Å². The van der Waals surface area contributed by atoms with Crippen molar-refractivity contribution in [1.82, 2.24) is 20.3 Å². The number of amides is 1. The van der Waals surface area contributed by atoms with E-state index in [2.05, 4.69) is 20.3 Å². The highest BCUT2D eigenvalue weighted by molar-refractivity contribution is 6.30. The van der Waals surface area contributed by atoms with E-state index in [4.69, 9.17) is 11.6 Å². The standard InChI is InChI=1S/C15H11ClN4O/c16-14-7-12(11-3-1-2-4-13(11)20-14)15(21)18-8-10-5-6-17-9-19-10/h1-7,9H,8H2,(H,18,21). The second-order valence-corrected chi connectivity index (χ2v) is 4.78. The monoisotopic (exact) mass is 298 g/mol. The molecular weight excluding hydrogens is 288 g/mol. The summed E-state index contributed by atoms with van der Waals surface area (Å²) in [6.45, 7) is 0.329. The number of carbonyl (C=O) groups is 1. The lowest BCUT2D eigenvalue weighted by molar-refractivity contribution is 0.0952. The van der Waals surface area contributed by atoms with Gasteiger partial charge in [0.1, 0.15) is 11.5 Å². The van der Waals surface area contributed by atoms with E-state index >= 15 is 0 Å². The first-order valence-corrected chi connectivity index (χ1v) is 6.70. The van der Waals surface area contributed by atoms with Crippen LogP contribution in [0.15, 0.2) is 48.9 Å². The average Bonchev–Trinajstić information content (AvgIpc) is 2.52. The van der Waals surface area contributed by atoms with Crippen molar-refractivity contribution >= 4 is 28.4 Å². The van der Waals surface area contributed by atoms with E-state index in [1.165, 1.54) is 6.33 Å². The van der Waals surface area contributed by atoms with Crippen LogP contribution in [0.1, 0.15) is 16.1 Å². The highest BCUT2D eigenvalue weighted by Crippen LogP contribution is 2.20. The largest absolute Gasteiger partial charge is 0.346 e. The maximum absolute atomic E-state index is 12.3. The first-order valence-electron chi connectivity index (χ1n) is 6.32. The summed E-state index contributed by atoms with van der Waals surface area (Å²) < 4.78 is 0. The van der Waals surface area contributed by atoms with E-state index < -0.39 is 0 Å². The summed E-state index contributed by atoms with van der Waals surface area (Å²) in [5.74, 6) is -0.214. The molecule has 0 saturated heterocycles. The Kier molecular flexibility index (Phi) is 3.75. The second kappa shape index (κ2) is 5.85. The van der Waals surface area contributed by atoms with Gasteiger partial charge < -0.3 is 5.32 Å². The molecule has 0 spiro atoms. The van der Waals surface area contributed by atoms with Crippen LogP contribution in [-0.4, -0.2) is 20.9 Å². The number of nitrogens with zero attached hydrogens (tertiary/aromatic N) is 3. The molecule has 1 N–H and O–H groups in total. The Hall–Kier alpha value is -2.53. The normalized spacial score (nSPS) is 10.5. The molecule has 0 aliphatic rings. The lowest BCUT2D eigenvalue weighted by atomic mass is 10.1. The topological polar surface area (TPSA) is 67.8 Å². The molecule has 104 valence electrons. The van der Waals surface area contributed by atoms with Crippen LogP contribution in [0.3, 0.4) is 0 Å². The van der Waals surface area contributed by atoms with Crippen LogP contribution in [0.25, 0.3) is 10.9 Å². The Bertz CT molecular complexity index is 792. The minimum Gasteiger partial charge on any atom is -0.346 e. The number of hydrogen-bond donors (Lipinski definition) is 1. The van der Waals surface area contributed by atoms with Crippen molar-refractivity contribution in [3.05, 3.63) is 65.3 Å². The molecule has 0 fully saturated rings. The van der Waals surface area contributed by atoms with Gasteiger partial charge in [-0.2, -0.15) is 0 Å². The molecular formula is C15H11ClN4O. The molecule has 0 atom stereocenters. The molecule has 0 bridgehead atoms. The third-order valence-electron chi connectivity index (χ3n) is 3.00. The third-order valence-corrected chi connectivity index (χ3v) is 3.20. The average molecular weight is 299 g/mol. The van der Waals surface area contributed by atoms with Crippen LogP contribution >= 0.6 is 11.6 Å². The van der Waals surface area contributed by atoms with Crippen LogP contribution in [0.4, 0.5) is 0 Å². The van der Waals surface area contributed by atoms with Crippen LogP contribution in [0.2, 0.25) is 5.15 Å². The number of nitrogens with one attached hydrogen (secondary N) is 1. The third kappa shape index (κ3) is 2.98. The zero-order chi connectivity index (χ0) is 14.7. The molecule has 0 aliphatic carbocycles. The molecule has 0 unspecified atom stereocenters. The molecule has 0 radical (unpaired) electrons. The van der Waals surface area contributed by atoms with Crippen molar-refractivity contribution in [2.24, 2.45) is 0 Å². The number of benzene rings is 1. The van der Waals surface area contributed by atoms with Gasteiger partial charge in [0.2, 0.25) is 0 Å².